The Bertz CT molecular complexity index is 252. The molecule has 0 unspecified atom stereocenters. The first-order valence-electron chi connectivity index (χ1n) is 5.09. The third-order valence-electron chi connectivity index (χ3n) is 1.58. The monoisotopic (exact) mass is 194 g/mol. The van der Waals surface area contributed by atoms with Crippen LogP contribution in [0.25, 0.3) is 6.08 Å². The van der Waals surface area contributed by atoms with E-state index < -0.39 is 0 Å². The third kappa shape index (κ3) is 4.65. The highest BCUT2D eigenvalue weighted by atomic mass is 16.6. The number of rotatable bonds is 3. The van der Waals surface area contributed by atoms with Gasteiger partial charge in [-0.15, -0.1) is 0 Å². The number of aromatic nitrogens is 1. The van der Waals surface area contributed by atoms with Gasteiger partial charge in [0.15, 0.2) is 0 Å². The summed E-state index contributed by atoms with van der Waals surface area (Å²) < 4.78 is 1.66. The van der Waals surface area contributed by atoms with Crippen molar-refractivity contribution in [2.75, 3.05) is 7.11 Å². The van der Waals surface area contributed by atoms with Crippen molar-refractivity contribution in [3.63, 3.8) is 0 Å². The Labute approximate surface area is 86.8 Å². The second-order valence-corrected chi connectivity index (χ2v) is 2.48. The number of pyridine rings is 1. The Morgan fingerprint density at radius 1 is 1.29 bits per heavy atom. The molecule has 1 heterocycles. The Balaban J connectivity index is 0.000000791. The van der Waals surface area contributed by atoms with Gasteiger partial charge in [-0.3, -0.25) is 4.84 Å². The summed E-state index contributed by atoms with van der Waals surface area (Å²) in [7, 11) is 1.64. The molecule has 78 valence electrons. The minimum Gasteiger partial charge on any atom is -0.275 e. The quantitative estimate of drug-likeness (QED) is 0.674. The predicted octanol–water partition coefficient (Wildman–Crippen LogP) is 2.48. The second kappa shape index (κ2) is 8.30. The molecule has 0 saturated heterocycles. The molecule has 0 saturated carbocycles. The van der Waals surface area contributed by atoms with Crippen molar-refractivity contribution in [2.24, 2.45) is 0 Å². The first kappa shape index (κ1) is 12.7. The van der Waals surface area contributed by atoms with Gasteiger partial charge in [0.25, 0.3) is 0 Å². The zero-order valence-electron chi connectivity index (χ0n) is 9.53. The molecule has 0 bridgehead atoms. The zero-order valence-corrected chi connectivity index (χ0v) is 9.53. The van der Waals surface area contributed by atoms with Gasteiger partial charge in [-0.1, -0.05) is 32.9 Å². The van der Waals surface area contributed by atoms with Crippen LogP contribution in [0.4, 0.5) is 0 Å². The summed E-state index contributed by atoms with van der Waals surface area (Å²) in [6.45, 7) is 6.12. The number of nitrogens with zero attached hydrogens (tertiary/aromatic N) is 1. The molecule has 14 heavy (non-hydrogen) atoms. The van der Waals surface area contributed by atoms with Crippen LogP contribution in [0, 0.1) is 0 Å². The van der Waals surface area contributed by atoms with Gasteiger partial charge in [-0.05, 0) is 12.0 Å². The lowest BCUT2D eigenvalue weighted by molar-refractivity contribution is -0.885. The maximum Gasteiger partial charge on any atom is 0.223 e. The predicted molar refractivity (Wildman–Crippen MR) is 59.8 cm³/mol. The van der Waals surface area contributed by atoms with Crippen molar-refractivity contribution >= 4 is 6.08 Å². The summed E-state index contributed by atoms with van der Waals surface area (Å²) >= 11 is 0. The summed E-state index contributed by atoms with van der Waals surface area (Å²) in [5.41, 5.74) is 1.20. The van der Waals surface area contributed by atoms with Crippen LogP contribution >= 0.6 is 0 Å². The van der Waals surface area contributed by atoms with Crippen LogP contribution < -0.4 is 9.57 Å². The van der Waals surface area contributed by atoms with Crippen LogP contribution in [0.2, 0.25) is 0 Å². The molecule has 0 atom stereocenters. The molecule has 2 nitrogen and oxygen atoms in total. The van der Waals surface area contributed by atoms with E-state index in [1.807, 2.05) is 38.4 Å². The highest BCUT2D eigenvalue weighted by Crippen LogP contribution is 1.98. The molecule has 0 N–H and O–H groups in total. The maximum atomic E-state index is 4.97. The number of allylic oxidation sites excluding steroid dienone is 1. The molecule has 0 aliphatic carbocycles. The largest absolute Gasteiger partial charge is 0.275 e. The molecule has 0 aliphatic rings. The number of hydrogen-bond donors (Lipinski definition) is 0. The Morgan fingerprint density at radius 2 is 1.86 bits per heavy atom. The highest BCUT2D eigenvalue weighted by molar-refractivity contribution is 5.47. The van der Waals surface area contributed by atoms with Crippen molar-refractivity contribution in [1.29, 1.82) is 0 Å². The van der Waals surface area contributed by atoms with Crippen molar-refractivity contribution in [1.82, 2.24) is 0 Å². The molecular weight excluding hydrogens is 174 g/mol. The van der Waals surface area contributed by atoms with Crippen LogP contribution in [0.15, 0.2) is 30.6 Å². The number of hydrogen-bond acceptors (Lipinski definition) is 1. The van der Waals surface area contributed by atoms with E-state index in [0.717, 1.165) is 6.42 Å². The summed E-state index contributed by atoms with van der Waals surface area (Å²) in [5.74, 6) is 0. The lowest BCUT2D eigenvalue weighted by atomic mass is 10.2. The van der Waals surface area contributed by atoms with Crippen molar-refractivity contribution in [2.45, 2.75) is 27.2 Å². The van der Waals surface area contributed by atoms with E-state index >= 15 is 0 Å². The van der Waals surface area contributed by atoms with Crippen molar-refractivity contribution < 1.29 is 9.57 Å². The van der Waals surface area contributed by atoms with Gasteiger partial charge in [-0.25, -0.2) is 0 Å². The van der Waals surface area contributed by atoms with E-state index in [1.165, 1.54) is 5.56 Å². The van der Waals surface area contributed by atoms with E-state index in [1.54, 1.807) is 11.8 Å². The van der Waals surface area contributed by atoms with E-state index in [0.29, 0.717) is 0 Å². The smallest absolute Gasteiger partial charge is 0.223 e. The SMILES string of the molecule is CC.CC/C=C/c1cc[n+](OC)cc1. The summed E-state index contributed by atoms with van der Waals surface area (Å²) in [6.07, 6.45) is 9.07. The van der Waals surface area contributed by atoms with Crippen LogP contribution in [0.1, 0.15) is 32.8 Å². The summed E-state index contributed by atoms with van der Waals surface area (Å²) in [5, 5.41) is 0. The molecule has 0 spiro atoms. The van der Waals surface area contributed by atoms with Crippen LogP contribution in [-0.4, -0.2) is 7.11 Å². The van der Waals surface area contributed by atoms with Gasteiger partial charge in [0.05, 0.1) is 0 Å². The molecule has 1 aromatic rings. The van der Waals surface area contributed by atoms with Crippen LogP contribution in [0.5, 0.6) is 0 Å². The molecule has 1 rings (SSSR count). The molecule has 0 amide bonds. The summed E-state index contributed by atoms with van der Waals surface area (Å²) in [6, 6.07) is 4.02. The van der Waals surface area contributed by atoms with Crippen LogP contribution in [-0.2, 0) is 0 Å². The lowest BCUT2D eigenvalue weighted by Gasteiger charge is -1.91. The standard InChI is InChI=1S/C10H14NO.C2H6/c1-3-4-5-10-6-8-11(12-2)9-7-10;1-2/h4-9H,3H2,1-2H3;1-2H3/q+1;/b5-4+;. The van der Waals surface area contributed by atoms with E-state index in [4.69, 9.17) is 4.84 Å². The van der Waals surface area contributed by atoms with Gasteiger partial charge < -0.3 is 0 Å². The Kier molecular flexibility index (Phi) is 7.52. The van der Waals surface area contributed by atoms with Crippen LogP contribution in [0.3, 0.4) is 0 Å². The Morgan fingerprint density at radius 3 is 2.29 bits per heavy atom. The average molecular weight is 194 g/mol. The Hall–Kier alpha value is -1.31. The highest BCUT2D eigenvalue weighted by Gasteiger charge is 1.95. The molecule has 0 aromatic carbocycles. The van der Waals surface area contributed by atoms with E-state index in [2.05, 4.69) is 19.1 Å². The third-order valence-corrected chi connectivity index (χ3v) is 1.58. The van der Waals surface area contributed by atoms with Crippen molar-refractivity contribution in [3.8, 4) is 0 Å². The first-order chi connectivity index (χ1) is 6.86. The molecule has 0 radical (unpaired) electrons. The van der Waals surface area contributed by atoms with E-state index in [-0.39, 0.29) is 0 Å². The molecule has 1 aromatic heterocycles. The molecule has 0 aliphatic heterocycles. The normalized spacial score (nSPS) is 9.43. The van der Waals surface area contributed by atoms with Gasteiger partial charge in [-0.2, -0.15) is 0 Å². The van der Waals surface area contributed by atoms with Gasteiger partial charge in [0.2, 0.25) is 12.4 Å². The average Bonchev–Trinajstić information content (AvgIpc) is 2.30. The van der Waals surface area contributed by atoms with Gasteiger partial charge in [0, 0.05) is 16.9 Å². The minimum atomic E-state index is 1.07. The fourth-order valence-corrected chi connectivity index (χ4v) is 0.911. The minimum absolute atomic E-state index is 1.07. The van der Waals surface area contributed by atoms with Gasteiger partial charge in [0.1, 0.15) is 7.11 Å². The molecule has 0 fully saturated rings. The summed E-state index contributed by atoms with van der Waals surface area (Å²) in [4.78, 5) is 4.97. The second-order valence-electron chi connectivity index (χ2n) is 2.48. The molecule has 2 heteroatoms. The fourth-order valence-electron chi connectivity index (χ4n) is 0.911. The maximum absolute atomic E-state index is 4.97. The molecular formula is C12H20NO+. The zero-order chi connectivity index (χ0) is 10.8. The lowest BCUT2D eigenvalue weighted by Crippen LogP contribution is -2.39. The van der Waals surface area contributed by atoms with Gasteiger partial charge >= 0.3 is 0 Å². The van der Waals surface area contributed by atoms with Crippen molar-refractivity contribution in [3.05, 3.63) is 36.2 Å². The fraction of sp³-hybridized carbons (Fsp3) is 0.417. The topological polar surface area (TPSA) is 13.1 Å². The van der Waals surface area contributed by atoms with E-state index in [9.17, 15) is 0 Å². The first-order valence-corrected chi connectivity index (χ1v) is 5.09.